The summed E-state index contributed by atoms with van der Waals surface area (Å²) in [5.41, 5.74) is 7.90. The van der Waals surface area contributed by atoms with E-state index in [0.29, 0.717) is 31.2 Å². The van der Waals surface area contributed by atoms with Crippen LogP contribution in [-0.4, -0.2) is 37.3 Å². The lowest BCUT2D eigenvalue weighted by atomic mass is 10.0. The summed E-state index contributed by atoms with van der Waals surface area (Å²) >= 11 is 3.43. The van der Waals surface area contributed by atoms with Gasteiger partial charge in [-0.1, -0.05) is 28.1 Å². The number of pyridine rings is 1. The number of anilines is 1. The summed E-state index contributed by atoms with van der Waals surface area (Å²) in [6.45, 7) is 0.818. The van der Waals surface area contributed by atoms with Crippen molar-refractivity contribution in [1.29, 1.82) is 0 Å². The summed E-state index contributed by atoms with van der Waals surface area (Å²) in [5, 5.41) is 2.88. The number of aromatic nitrogens is 1. The van der Waals surface area contributed by atoms with Crippen molar-refractivity contribution in [1.82, 2.24) is 15.8 Å². The number of amides is 1. The molecule has 3 N–H and O–H groups in total. The van der Waals surface area contributed by atoms with Gasteiger partial charge in [-0.2, -0.15) is 0 Å². The van der Waals surface area contributed by atoms with E-state index >= 15 is 0 Å². The van der Waals surface area contributed by atoms with Crippen molar-refractivity contribution >= 4 is 27.5 Å². The van der Waals surface area contributed by atoms with Gasteiger partial charge >= 0.3 is 0 Å². The van der Waals surface area contributed by atoms with E-state index in [4.69, 9.17) is 9.47 Å². The number of hydrogen-bond donors (Lipinski definition) is 3. The van der Waals surface area contributed by atoms with Gasteiger partial charge in [0, 0.05) is 23.8 Å². The number of carbonyl (C=O) groups excluding carboxylic acids is 1. The zero-order valence-corrected chi connectivity index (χ0v) is 16.0. The van der Waals surface area contributed by atoms with E-state index in [1.165, 1.54) is 0 Å². The minimum atomic E-state index is -0.351. The molecule has 1 amide bonds. The molecule has 8 heteroatoms. The van der Waals surface area contributed by atoms with Gasteiger partial charge in [0.15, 0.2) is 0 Å². The first-order chi connectivity index (χ1) is 12.7. The molecule has 1 aromatic carbocycles. The Labute approximate surface area is 160 Å². The average molecular weight is 421 g/mol. The molecule has 7 nitrogen and oxygen atoms in total. The van der Waals surface area contributed by atoms with Crippen molar-refractivity contribution in [2.45, 2.75) is 18.5 Å². The fourth-order valence-corrected chi connectivity index (χ4v) is 2.95. The average Bonchev–Trinajstić information content (AvgIpc) is 3.14. The number of halogens is 1. The first-order valence-electron chi connectivity index (χ1n) is 8.31. The summed E-state index contributed by atoms with van der Waals surface area (Å²) in [4.78, 5) is 16.8. The van der Waals surface area contributed by atoms with Crippen LogP contribution in [-0.2, 0) is 9.53 Å². The van der Waals surface area contributed by atoms with Gasteiger partial charge in [-0.05, 0) is 36.2 Å². The van der Waals surface area contributed by atoms with Crippen LogP contribution in [0.1, 0.15) is 18.0 Å². The smallest absolute Gasteiger partial charge is 0.243 e. The maximum atomic E-state index is 12.6. The molecule has 2 heterocycles. The van der Waals surface area contributed by atoms with Crippen molar-refractivity contribution in [3.05, 3.63) is 52.6 Å². The molecule has 0 radical (unpaired) electrons. The van der Waals surface area contributed by atoms with Gasteiger partial charge in [-0.3, -0.25) is 4.79 Å². The van der Waals surface area contributed by atoms with Crippen molar-refractivity contribution < 1.29 is 14.3 Å². The van der Waals surface area contributed by atoms with E-state index in [1.807, 2.05) is 24.3 Å². The lowest BCUT2D eigenvalue weighted by Crippen LogP contribution is -2.39. The molecule has 2 unspecified atom stereocenters. The molecule has 26 heavy (non-hydrogen) atoms. The lowest BCUT2D eigenvalue weighted by Gasteiger charge is -2.13. The number of nitrogens with one attached hydrogen (secondary N) is 3. The summed E-state index contributed by atoms with van der Waals surface area (Å²) in [6, 6.07) is 11.3. The van der Waals surface area contributed by atoms with Crippen molar-refractivity contribution in [2.75, 3.05) is 25.6 Å². The summed E-state index contributed by atoms with van der Waals surface area (Å²) in [5.74, 6) is 0.245. The fraction of sp³-hybridized carbons (Fsp3) is 0.333. The molecule has 1 aliphatic rings. The largest absolute Gasteiger partial charge is 0.474 e. The third-order valence-electron chi connectivity index (χ3n) is 4.05. The Morgan fingerprint density at radius 1 is 1.27 bits per heavy atom. The Morgan fingerprint density at radius 3 is 2.85 bits per heavy atom. The van der Waals surface area contributed by atoms with Crippen molar-refractivity contribution in [3.63, 3.8) is 0 Å². The van der Waals surface area contributed by atoms with E-state index in [9.17, 15) is 4.79 Å². The fourth-order valence-electron chi connectivity index (χ4n) is 2.68. The molecule has 0 saturated carbocycles. The number of hydrogen-bond acceptors (Lipinski definition) is 6. The number of methoxy groups -OCH3 is 1. The Bertz CT molecular complexity index is 741. The number of ether oxygens (including phenoxy) is 2. The predicted octanol–water partition coefficient (Wildman–Crippen LogP) is 2.42. The third-order valence-corrected chi connectivity index (χ3v) is 4.58. The molecule has 3 rings (SSSR count). The third kappa shape index (κ3) is 4.79. The van der Waals surface area contributed by atoms with Gasteiger partial charge in [-0.15, -0.1) is 0 Å². The van der Waals surface area contributed by atoms with Crippen LogP contribution in [0.2, 0.25) is 0 Å². The van der Waals surface area contributed by atoms with Crippen LogP contribution in [0, 0.1) is 0 Å². The molecule has 0 spiro atoms. The second-order valence-corrected chi connectivity index (χ2v) is 6.78. The number of benzene rings is 1. The predicted molar refractivity (Wildman–Crippen MR) is 102 cm³/mol. The van der Waals surface area contributed by atoms with Crippen LogP contribution in [0.25, 0.3) is 0 Å². The van der Waals surface area contributed by atoms with Crippen LogP contribution < -0.4 is 20.9 Å². The van der Waals surface area contributed by atoms with E-state index in [0.717, 1.165) is 10.0 Å². The quantitative estimate of drug-likeness (QED) is 0.596. The molecule has 1 aliphatic heterocycles. The lowest BCUT2D eigenvalue weighted by molar-refractivity contribution is -0.117. The topological polar surface area (TPSA) is 84.5 Å². The maximum Gasteiger partial charge on any atom is 0.243 e. The highest BCUT2D eigenvalue weighted by Gasteiger charge is 2.30. The van der Waals surface area contributed by atoms with E-state index in [2.05, 4.69) is 37.1 Å². The minimum Gasteiger partial charge on any atom is -0.474 e. The molecular weight excluding hydrogens is 400 g/mol. The van der Waals surface area contributed by atoms with Gasteiger partial charge in [0.1, 0.15) is 18.3 Å². The molecule has 2 aromatic rings. The second kappa shape index (κ2) is 9.09. The van der Waals surface area contributed by atoms with Gasteiger partial charge in [0.05, 0.1) is 6.61 Å². The second-order valence-electron chi connectivity index (χ2n) is 5.87. The van der Waals surface area contributed by atoms with Gasteiger partial charge in [-0.25, -0.2) is 15.8 Å². The Balaban J connectivity index is 1.60. The Hall–Kier alpha value is -2.00. The number of rotatable bonds is 7. The van der Waals surface area contributed by atoms with Crippen LogP contribution in [0.5, 0.6) is 5.88 Å². The molecule has 138 valence electrons. The van der Waals surface area contributed by atoms with Crippen LogP contribution >= 0.6 is 15.9 Å². The molecule has 2 atom stereocenters. The summed E-state index contributed by atoms with van der Waals surface area (Å²) in [7, 11) is 1.60. The van der Waals surface area contributed by atoms with E-state index in [1.54, 1.807) is 25.4 Å². The van der Waals surface area contributed by atoms with Crippen LogP contribution in [0.15, 0.2) is 47.1 Å². The first kappa shape index (κ1) is 18.8. The molecule has 1 aromatic heterocycles. The molecule has 1 saturated heterocycles. The van der Waals surface area contributed by atoms with Gasteiger partial charge < -0.3 is 14.8 Å². The highest BCUT2D eigenvalue weighted by molar-refractivity contribution is 9.10. The van der Waals surface area contributed by atoms with E-state index in [-0.39, 0.29) is 18.0 Å². The Kier molecular flexibility index (Phi) is 6.56. The monoisotopic (exact) mass is 420 g/mol. The number of hydrazine groups is 1. The zero-order chi connectivity index (χ0) is 18.4. The summed E-state index contributed by atoms with van der Waals surface area (Å²) < 4.78 is 11.5. The zero-order valence-electron chi connectivity index (χ0n) is 14.4. The maximum absolute atomic E-state index is 12.6. The Morgan fingerprint density at radius 2 is 2.08 bits per heavy atom. The van der Waals surface area contributed by atoms with Gasteiger partial charge in [0.2, 0.25) is 11.8 Å². The molecule has 0 bridgehead atoms. The number of nitrogens with zero attached hydrogens (tertiary/aromatic N) is 1. The minimum absolute atomic E-state index is 0.0742. The molecular formula is C18H21BrN4O3. The molecule has 0 aliphatic carbocycles. The van der Waals surface area contributed by atoms with Crippen molar-refractivity contribution in [3.8, 4) is 5.88 Å². The van der Waals surface area contributed by atoms with Crippen molar-refractivity contribution in [2.24, 2.45) is 0 Å². The van der Waals surface area contributed by atoms with Crippen LogP contribution in [0.4, 0.5) is 5.69 Å². The summed E-state index contributed by atoms with van der Waals surface area (Å²) in [6.07, 6.45) is 2.27. The van der Waals surface area contributed by atoms with E-state index < -0.39 is 0 Å². The highest BCUT2D eigenvalue weighted by atomic mass is 79.9. The normalized spacial score (nSPS) is 19.3. The van der Waals surface area contributed by atoms with Gasteiger partial charge in [0.25, 0.3) is 0 Å². The van der Waals surface area contributed by atoms with Crippen LogP contribution in [0.3, 0.4) is 0 Å². The molecule has 1 fully saturated rings. The standard InChI is InChI=1S/C18H21BrN4O3/c1-25-9-10-26-18-14(3-2-8-20-18)21-17(24)16-11-15(22-23-16)12-4-6-13(19)7-5-12/h2-8,15-16,22-23H,9-11H2,1H3,(H,21,24). The highest BCUT2D eigenvalue weighted by Crippen LogP contribution is 2.26. The first-order valence-corrected chi connectivity index (χ1v) is 9.11. The SMILES string of the molecule is COCCOc1ncccc1NC(=O)C1CC(c2ccc(Br)cc2)NN1. The number of carbonyl (C=O) groups is 1.